The van der Waals surface area contributed by atoms with Gasteiger partial charge in [-0.25, -0.2) is 9.97 Å². The Hall–Kier alpha value is -4.03. The topological polar surface area (TPSA) is 30.7 Å². The van der Waals surface area contributed by atoms with E-state index >= 15 is 0 Å². The van der Waals surface area contributed by atoms with E-state index in [1.807, 2.05) is 18.2 Å². The fourth-order valence-electron chi connectivity index (χ4n) is 5.15. The molecule has 0 aliphatic carbocycles. The van der Waals surface area contributed by atoms with E-state index in [4.69, 9.17) is 21.6 Å². The molecule has 5 aromatic carbocycles. The Morgan fingerprint density at radius 2 is 1.29 bits per heavy atom. The minimum Gasteiger partial charge on any atom is -0.285 e. The average Bonchev–Trinajstić information content (AvgIpc) is 3.65. The van der Waals surface area contributed by atoms with Crippen LogP contribution in [0.3, 0.4) is 0 Å². The number of rotatable bonds is 3. The number of aromatic nitrogens is 3. The van der Waals surface area contributed by atoms with Gasteiger partial charge in [-0.3, -0.25) is 4.57 Å². The summed E-state index contributed by atoms with van der Waals surface area (Å²) in [6.45, 7) is 0. The third-order valence-corrected chi connectivity index (χ3v) is 9.25. The summed E-state index contributed by atoms with van der Waals surface area (Å²) in [4.78, 5) is 9.91. The van der Waals surface area contributed by atoms with Gasteiger partial charge in [-0.1, -0.05) is 77.5 Å². The van der Waals surface area contributed by atoms with Crippen LogP contribution in [0.5, 0.6) is 0 Å². The minimum absolute atomic E-state index is 0.734. The predicted octanol–water partition coefficient (Wildman–Crippen LogP) is 9.99. The molecule has 0 N–H and O–H groups in total. The van der Waals surface area contributed by atoms with Gasteiger partial charge in [0.1, 0.15) is 5.01 Å². The van der Waals surface area contributed by atoms with Crippen LogP contribution in [0.2, 0.25) is 5.02 Å². The zero-order chi connectivity index (χ0) is 25.2. The summed E-state index contributed by atoms with van der Waals surface area (Å²) in [6.07, 6.45) is 0. The Labute approximate surface area is 231 Å². The van der Waals surface area contributed by atoms with Crippen LogP contribution >= 0.6 is 34.3 Å². The number of hydrogen-bond donors (Lipinski definition) is 0. The van der Waals surface area contributed by atoms with Crippen molar-refractivity contribution in [2.24, 2.45) is 0 Å². The van der Waals surface area contributed by atoms with Crippen molar-refractivity contribution >= 4 is 76.5 Å². The molecular formula is C32H18ClN3S2. The third-order valence-electron chi connectivity index (χ3n) is 6.95. The molecule has 0 radical (unpaired) electrons. The van der Waals surface area contributed by atoms with Crippen LogP contribution in [0.15, 0.2) is 109 Å². The molecule has 0 spiro atoms. The number of hydrogen-bond acceptors (Lipinski definition) is 4. The van der Waals surface area contributed by atoms with Gasteiger partial charge in [0.15, 0.2) is 5.13 Å². The van der Waals surface area contributed by atoms with Gasteiger partial charge < -0.3 is 0 Å². The summed E-state index contributed by atoms with van der Waals surface area (Å²) >= 11 is 9.57. The Kier molecular flexibility index (Phi) is 4.92. The lowest BCUT2D eigenvalue weighted by Crippen LogP contribution is -1.92. The number of fused-ring (bicyclic) bond motifs is 5. The molecule has 3 heterocycles. The first-order valence-corrected chi connectivity index (χ1v) is 14.3. The van der Waals surface area contributed by atoms with Crippen molar-refractivity contribution in [1.29, 1.82) is 0 Å². The van der Waals surface area contributed by atoms with Gasteiger partial charge in [0, 0.05) is 21.4 Å². The Bertz CT molecular complexity index is 2150. The average molecular weight is 544 g/mol. The standard InChI is InChI=1S/C32H18ClN3S2/c33-22-12-14-25-30(18-22)37-31(34-25)21-10-13-26-29(17-21)38-32(35-26)36-27-9-5-4-8-23(27)24-16-20(11-15-28(24)36)19-6-2-1-3-7-19/h1-18H. The van der Waals surface area contributed by atoms with Crippen LogP contribution in [0.4, 0.5) is 0 Å². The van der Waals surface area contributed by atoms with Crippen LogP contribution in [-0.4, -0.2) is 14.5 Å². The minimum atomic E-state index is 0.734. The van der Waals surface area contributed by atoms with E-state index in [0.717, 1.165) is 52.2 Å². The zero-order valence-electron chi connectivity index (χ0n) is 19.9. The molecule has 0 fully saturated rings. The highest BCUT2D eigenvalue weighted by atomic mass is 35.5. The van der Waals surface area contributed by atoms with Gasteiger partial charge in [-0.05, 0) is 65.7 Å². The normalized spacial score (nSPS) is 11.8. The molecule has 0 atom stereocenters. The maximum absolute atomic E-state index is 6.20. The number of benzene rings is 5. The van der Waals surface area contributed by atoms with E-state index in [0.29, 0.717) is 0 Å². The molecule has 0 amide bonds. The number of thiazole rings is 2. The van der Waals surface area contributed by atoms with Crippen molar-refractivity contribution < 1.29 is 0 Å². The molecule has 0 aliphatic rings. The lowest BCUT2D eigenvalue weighted by molar-refractivity contribution is 1.15. The molecule has 8 rings (SSSR count). The maximum Gasteiger partial charge on any atom is 0.195 e. The zero-order valence-corrected chi connectivity index (χ0v) is 22.3. The van der Waals surface area contributed by atoms with Gasteiger partial charge in [-0.2, -0.15) is 0 Å². The van der Waals surface area contributed by atoms with Crippen molar-refractivity contribution in [2.45, 2.75) is 0 Å². The lowest BCUT2D eigenvalue weighted by Gasteiger charge is -2.04. The monoisotopic (exact) mass is 543 g/mol. The summed E-state index contributed by atoms with van der Waals surface area (Å²) in [6, 6.07) is 38.1. The number of halogens is 1. The molecule has 8 aromatic rings. The highest BCUT2D eigenvalue weighted by Gasteiger charge is 2.17. The maximum atomic E-state index is 6.20. The fourth-order valence-corrected chi connectivity index (χ4v) is 7.42. The van der Waals surface area contributed by atoms with Gasteiger partial charge in [0.2, 0.25) is 0 Å². The molecule has 0 aliphatic heterocycles. The molecule has 3 aromatic heterocycles. The third kappa shape index (κ3) is 3.47. The number of para-hydroxylation sites is 1. The lowest BCUT2D eigenvalue weighted by atomic mass is 10.0. The summed E-state index contributed by atoms with van der Waals surface area (Å²) in [7, 11) is 0. The van der Waals surface area contributed by atoms with E-state index in [1.54, 1.807) is 22.7 Å². The number of nitrogens with zero attached hydrogens (tertiary/aromatic N) is 3. The van der Waals surface area contributed by atoms with Crippen molar-refractivity contribution in [1.82, 2.24) is 14.5 Å². The summed E-state index contributed by atoms with van der Waals surface area (Å²) in [5.41, 5.74) is 7.82. The first-order valence-electron chi connectivity index (χ1n) is 12.3. The van der Waals surface area contributed by atoms with E-state index in [1.165, 1.54) is 21.9 Å². The highest BCUT2D eigenvalue weighted by Crippen LogP contribution is 2.39. The van der Waals surface area contributed by atoms with Crippen molar-refractivity contribution in [3.05, 3.63) is 114 Å². The van der Waals surface area contributed by atoms with E-state index in [-0.39, 0.29) is 0 Å². The first kappa shape index (κ1) is 22.0. The smallest absolute Gasteiger partial charge is 0.195 e. The summed E-state index contributed by atoms with van der Waals surface area (Å²) < 4.78 is 4.53. The second-order valence-corrected chi connectivity index (χ2v) is 11.7. The van der Waals surface area contributed by atoms with Crippen LogP contribution < -0.4 is 0 Å². The molecular weight excluding hydrogens is 526 g/mol. The second kappa shape index (κ2) is 8.50. The van der Waals surface area contributed by atoms with E-state index in [9.17, 15) is 0 Å². The van der Waals surface area contributed by atoms with E-state index in [2.05, 4.69) is 95.6 Å². The molecule has 0 unspecified atom stereocenters. The first-order chi connectivity index (χ1) is 18.7. The fraction of sp³-hybridized carbons (Fsp3) is 0. The molecule has 6 heteroatoms. The van der Waals surface area contributed by atoms with Crippen LogP contribution in [0.1, 0.15) is 0 Å². The molecule has 0 bridgehead atoms. The second-order valence-electron chi connectivity index (χ2n) is 9.26. The van der Waals surface area contributed by atoms with E-state index < -0.39 is 0 Å². The van der Waals surface area contributed by atoms with Gasteiger partial charge >= 0.3 is 0 Å². The molecule has 180 valence electrons. The summed E-state index contributed by atoms with van der Waals surface area (Å²) in [5, 5.41) is 5.15. The highest BCUT2D eigenvalue weighted by molar-refractivity contribution is 7.22. The Balaban J connectivity index is 1.29. The SMILES string of the molecule is Clc1ccc2nc(-c3ccc4nc(-n5c6ccccc6c6cc(-c7ccccc7)ccc65)sc4c3)sc2c1. The Morgan fingerprint density at radius 3 is 2.21 bits per heavy atom. The molecule has 0 saturated heterocycles. The van der Waals surface area contributed by atoms with Crippen molar-refractivity contribution in [3.63, 3.8) is 0 Å². The summed E-state index contributed by atoms with van der Waals surface area (Å²) in [5.74, 6) is 0. The van der Waals surface area contributed by atoms with Crippen LogP contribution in [-0.2, 0) is 0 Å². The molecule has 0 saturated carbocycles. The van der Waals surface area contributed by atoms with Gasteiger partial charge in [-0.15, -0.1) is 11.3 Å². The Morgan fingerprint density at radius 1 is 0.553 bits per heavy atom. The molecule has 3 nitrogen and oxygen atoms in total. The van der Waals surface area contributed by atoms with Crippen LogP contribution in [0.25, 0.3) is 69.1 Å². The van der Waals surface area contributed by atoms with Crippen molar-refractivity contribution in [2.75, 3.05) is 0 Å². The molecule has 38 heavy (non-hydrogen) atoms. The van der Waals surface area contributed by atoms with Crippen LogP contribution in [0, 0.1) is 0 Å². The van der Waals surface area contributed by atoms with Gasteiger partial charge in [0.05, 0.1) is 31.5 Å². The van der Waals surface area contributed by atoms with Crippen molar-refractivity contribution in [3.8, 4) is 26.8 Å². The largest absolute Gasteiger partial charge is 0.285 e. The predicted molar refractivity (Wildman–Crippen MR) is 163 cm³/mol. The quantitative estimate of drug-likeness (QED) is 0.222. The van der Waals surface area contributed by atoms with Gasteiger partial charge in [0.25, 0.3) is 0 Å².